The van der Waals surface area contributed by atoms with Crippen LogP contribution in [0.4, 0.5) is 4.39 Å². The number of rotatable bonds is 7. The molecule has 0 aliphatic heterocycles. The zero-order valence-corrected chi connectivity index (χ0v) is 12.8. The molecule has 21 heavy (non-hydrogen) atoms. The number of carbonyl (C=O) groups excluding carboxylic acids is 1. The normalized spacial score (nSPS) is 16.0. The highest BCUT2D eigenvalue weighted by molar-refractivity contribution is 5.78. The highest BCUT2D eigenvalue weighted by Crippen LogP contribution is 2.34. The Kier molecular flexibility index (Phi) is 5.31. The van der Waals surface area contributed by atoms with Crippen LogP contribution in [0, 0.1) is 11.7 Å². The van der Waals surface area contributed by atoms with Crippen LogP contribution in [0.3, 0.4) is 0 Å². The molecule has 1 unspecified atom stereocenters. The van der Waals surface area contributed by atoms with Crippen LogP contribution in [0.1, 0.15) is 18.4 Å². The summed E-state index contributed by atoms with van der Waals surface area (Å²) in [5, 5.41) is 0. The van der Waals surface area contributed by atoms with E-state index in [-0.39, 0.29) is 24.3 Å². The van der Waals surface area contributed by atoms with Crippen LogP contribution in [0.15, 0.2) is 24.3 Å². The van der Waals surface area contributed by atoms with Gasteiger partial charge in [-0.1, -0.05) is 18.2 Å². The van der Waals surface area contributed by atoms with E-state index in [1.165, 1.54) is 18.9 Å². The van der Waals surface area contributed by atoms with E-state index in [0.29, 0.717) is 24.6 Å². The summed E-state index contributed by atoms with van der Waals surface area (Å²) in [4.78, 5) is 15.8. The summed E-state index contributed by atoms with van der Waals surface area (Å²) in [7, 11) is 3.64. The largest absolute Gasteiger partial charge is 0.340 e. The van der Waals surface area contributed by atoms with Crippen LogP contribution in [0.2, 0.25) is 0 Å². The number of amides is 1. The molecular weight excluding hydrogens is 269 g/mol. The average Bonchev–Trinajstić information content (AvgIpc) is 3.26. The Balaban J connectivity index is 1.88. The van der Waals surface area contributed by atoms with Gasteiger partial charge in [0.2, 0.25) is 5.91 Å². The smallest absolute Gasteiger partial charge is 0.236 e. The summed E-state index contributed by atoms with van der Waals surface area (Å²) in [5.74, 6) is 0.341. The van der Waals surface area contributed by atoms with Crippen molar-refractivity contribution in [2.24, 2.45) is 11.7 Å². The maximum Gasteiger partial charge on any atom is 0.236 e. The number of nitrogens with zero attached hydrogens (tertiary/aromatic N) is 2. The highest BCUT2D eigenvalue weighted by Gasteiger charge is 2.33. The lowest BCUT2D eigenvalue weighted by Gasteiger charge is -2.28. The lowest BCUT2D eigenvalue weighted by molar-refractivity contribution is -0.131. The molecule has 116 valence electrons. The van der Waals surface area contributed by atoms with Gasteiger partial charge in [0.25, 0.3) is 0 Å². The van der Waals surface area contributed by atoms with Crippen molar-refractivity contribution in [3.8, 4) is 0 Å². The second-order valence-corrected chi connectivity index (χ2v) is 5.90. The maximum absolute atomic E-state index is 13.6. The molecule has 4 nitrogen and oxygen atoms in total. The van der Waals surface area contributed by atoms with Crippen molar-refractivity contribution in [1.82, 2.24) is 9.80 Å². The lowest BCUT2D eigenvalue weighted by Crippen LogP contribution is -2.45. The first-order chi connectivity index (χ1) is 10.0. The molecule has 1 saturated carbocycles. The Morgan fingerprint density at radius 1 is 1.38 bits per heavy atom. The van der Waals surface area contributed by atoms with Gasteiger partial charge in [-0.3, -0.25) is 9.69 Å². The molecule has 0 heterocycles. The van der Waals surface area contributed by atoms with Crippen LogP contribution in [-0.4, -0.2) is 48.9 Å². The van der Waals surface area contributed by atoms with Crippen LogP contribution in [0.5, 0.6) is 0 Å². The van der Waals surface area contributed by atoms with Crippen molar-refractivity contribution in [1.29, 1.82) is 0 Å². The molecule has 1 aliphatic rings. The monoisotopic (exact) mass is 293 g/mol. The van der Waals surface area contributed by atoms with Crippen molar-refractivity contribution in [3.63, 3.8) is 0 Å². The van der Waals surface area contributed by atoms with Gasteiger partial charge in [0.15, 0.2) is 0 Å². The molecule has 0 radical (unpaired) electrons. The first-order valence-corrected chi connectivity index (χ1v) is 7.40. The molecular formula is C16H24FN3O. The minimum absolute atomic E-state index is 0.0140. The SMILES string of the molecule is CN(Cc1ccccc1F)C(=O)CN(C)C(CN)C1CC1. The number of halogens is 1. The van der Waals surface area contributed by atoms with Gasteiger partial charge in [0.05, 0.1) is 6.54 Å². The van der Waals surface area contributed by atoms with Gasteiger partial charge in [-0.05, 0) is 31.9 Å². The molecule has 0 aromatic heterocycles. The summed E-state index contributed by atoms with van der Waals surface area (Å²) >= 11 is 0. The van der Waals surface area contributed by atoms with Gasteiger partial charge in [0, 0.05) is 31.7 Å². The Morgan fingerprint density at radius 3 is 2.62 bits per heavy atom. The van der Waals surface area contributed by atoms with E-state index in [2.05, 4.69) is 0 Å². The number of hydrogen-bond donors (Lipinski definition) is 1. The third-order valence-electron chi connectivity index (χ3n) is 4.15. The Bertz CT molecular complexity index is 490. The molecule has 1 atom stereocenters. The topological polar surface area (TPSA) is 49.6 Å². The molecule has 1 aliphatic carbocycles. The number of likely N-dealkylation sites (N-methyl/N-ethyl adjacent to an activating group) is 2. The molecule has 1 fully saturated rings. The van der Waals surface area contributed by atoms with Gasteiger partial charge in [-0.2, -0.15) is 0 Å². The van der Waals surface area contributed by atoms with E-state index in [0.717, 1.165) is 0 Å². The standard InChI is InChI=1S/C16H24FN3O/c1-19(15(9-18)12-7-8-12)11-16(21)20(2)10-13-5-3-4-6-14(13)17/h3-6,12,15H,7-11,18H2,1-2H3. The zero-order chi connectivity index (χ0) is 15.4. The van der Waals surface area contributed by atoms with E-state index >= 15 is 0 Å². The van der Waals surface area contributed by atoms with E-state index in [1.54, 1.807) is 30.1 Å². The van der Waals surface area contributed by atoms with Crippen molar-refractivity contribution in [2.45, 2.75) is 25.4 Å². The lowest BCUT2D eigenvalue weighted by atomic mass is 10.1. The number of hydrogen-bond acceptors (Lipinski definition) is 3. The van der Waals surface area contributed by atoms with Crippen LogP contribution < -0.4 is 5.73 Å². The van der Waals surface area contributed by atoms with Crippen LogP contribution >= 0.6 is 0 Å². The molecule has 0 saturated heterocycles. The second-order valence-electron chi connectivity index (χ2n) is 5.90. The minimum atomic E-state index is -0.275. The molecule has 0 bridgehead atoms. The van der Waals surface area contributed by atoms with Crippen LogP contribution in [0.25, 0.3) is 0 Å². The molecule has 2 rings (SSSR count). The molecule has 1 amide bonds. The summed E-state index contributed by atoms with van der Waals surface area (Å²) in [6.45, 7) is 1.19. The second kappa shape index (κ2) is 7.00. The predicted molar refractivity (Wildman–Crippen MR) is 81.1 cm³/mol. The van der Waals surface area contributed by atoms with E-state index in [1.807, 2.05) is 11.9 Å². The molecule has 2 N–H and O–H groups in total. The fourth-order valence-electron chi connectivity index (χ4n) is 2.63. The third-order valence-corrected chi connectivity index (χ3v) is 4.15. The Labute approximate surface area is 125 Å². The summed E-state index contributed by atoms with van der Waals surface area (Å²) in [5.41, 5.74) is 6.33. The van der Waals surface area contributed by atoms with E-state index < -0.39 is 0 Å². The molecule has 0 spiro atoms. The van der Waals surface area contributed by atoms with Crippen molar-refractivity contribution in [3.05, 3.63) is 35.6 Å². The van der Waals surface area contributed by atoms with Crippen molar-refractivity contribution >= 4 is 5.91 Å². The predicted octanol–water partition coefficient (Wildman–Crippen LogP) is 1.45. The first kappa shape index (κ1) is 15.9. The Hall–Kier alpha value is -1.46. The molecule has 1 aromatic rings. The molecule has 5 heteroatoms. The quantitative estimate of drug-likeness (QED) is 0.828. The fourth-order valence-corrected chi connectivity index (χ4v) is 2.63. The number of carbonyl (C=O) groups is 1. The summed E-state index contributed by atoms with van der Waals surface area (Å²) < 4.78 is 13.6. The number of nitrogens with two attached hydrogens (primary N) is 1. The van der Waals surface area contributed by atoms with Crippen LogP contribution in [-0.2, 0) is 11.3 Å². The first-order valence-electron chi connectivity index (χ1n) is 7.40. The van der Waals surface area contributed by atoms with Gasteiger partial charge in [0.1, 0.15) is 5.82 Å². The Morgan fingerprint density at radius 2 is 2.05 bits per heavy atom. The van der Waals surface area contributed by atoms with Gasteiger partial charge >= 0.3 is 0 Å². The van der Waals surface area contributed by atoms with Gasteiger partial charge in [-0.25, -0.2) is 4.39 Å². The third kappa shape index (κ3) is 4.25. The van der Waals surface area contributed by atoms with Gasteiger partial charge in [-0.15, -0.1) is 0 Å². The zero-order valence-electron chi connectivity index (χ0n) is 12.8. The average molecular weight is 293 g/mol. The number of benzene rings is 1. The van der Waals surface area contributed by atoms with Crippen molar-refractivity contribution < 1.29 is 9.18 Å². The summed E-state index contributed by atoms with van der Waals surface area (Å²) in [6, 6.07) is 6.82. The van der Waals surface area contributed by atoms with Gasteiger partial charge < -0.3 is 10.6 Å². The maximum atomic E-state index is 13.6. The summed E-state index contributed by atoms with van der Waals surface area (Å²) in [6.07, 6.45) is 2.40. The van der Waals surface area contributed by atoms with E-state index in [9.17, 15) is 9.18 Å². The van der Waals surface area contributed by atoms with E-state index in [4.69, 9.17) is 5.73 Å². The molecule has 1 aromatic carbocycles. The fraction of sp³-hybridized carbons (Fsp3) is 0.562. The highest BCUT2D eigenvalue weighted by atomic mass is 19.1. The van der Waals surface area contributed by atoms with Crippen molar-refractivity contribution in [2.75, 3.05) is 27.2 Å². The minimum Gasteiger partial charge on any atom is -0.340 e.